The minimum absolute atomic E-state index is 0.000376. The van der Waals surface area contributed by atoms with Crippen molar-refractivity contribution >= 4 is 43.5 Å². The molecule has 2 N–H and O–H groups in total. The van der Waals surface area contributed by atoms with E-state index in [1.54, 1.807) is 12.1 Å². The van der Waals surface area contributed by atoms with Crippen LogP contribution in [0, 0.1) is 6.92 Å². The zero-order chi connectivity index (χ0) is 21.9. The van der Waals surface area contributed by atoms with Gasteiger partial charge in [0.2, 0.25) is 10.0 Å². The van der Waals surface area contributed by atoms with Gasteiger partial charge < -0.3 is 14.8 Å². The third kappa shape index (κ3) is 5.59. The van der Waals surface area contributed by atoms with Gasteiger partial charge >= 0.3 is 5.97 Å². The van der Waals surface area contributed by atoms with Gasteiger partial charge in [-0.1, -0.05) is 15.9 Å². The van der Waals surface area contributed by atoms with E-state index in [9.17, 15) is 18.0 Å². The summed E-state index contributed by atoms with van der Waals surface area (Å²) in [6.07, 6.45) is 1.55. The summed E-state index contributed by atoms with van der Waals surface area (Å²) < 4.78 is 38.7. The summed E-state index contributed by atoms with van der Waals surface area (Å²) >= 11 is 3.35. The van der Waals surface area contributed by atoms with Gasteiger partial charge in [0.25, 0.3) is 5.91 Å². The molecule has 0 spiro atoms. The number of carbonyl (C=O) groups excluding carboxylic acids is 2. The van der Waals surface area contributed by atoms with E-state index in [1.807, 2.05) is 13.0 Å². The summed E-state index contributed by atoms with van der Waals surface area (Å²) in [6, 6.07) is 9.20. The number of sulfonamides is 1. The van der Waals surface area contributed by atoms with Gasteiger partial charge in [-0.15, -0.1) is 0 Å². The highest BCUT2D eigenvalue weighted by molar-refractivity contribution is 9.10. The standard InChI is InChI=1S/C20H21BrN2O6S/c1-12-9-14(21)4-7-16(12)22-19(24)11-29-20(25)13-3-8-17(28-2)18(10-13)30(26,27)23-15-5-6-15/h3-4,7-10,15,23H,5-6,11H2,1-2H3,(H,22,24). The van der Waals surface area contributed by atoms with Crippen LogP contribution in [-0.4, -0.2) is 40.1 Å². The number of ether oxygens (including phenoxy) is 2. The van der Waals surface area contributed by atoms with Gasteiger partial charge in [0.1, 0.15) is 10.6 Å². The van der Waals surface area contributed by atoms with E-state index in [0.717, 1.165) is 22.9 Å². The average Bonchev–Trinajstić information content (AvgIpc) is 3.51. The Morgan fingerprint density at radius 3 is 2.53 bits per heavy atom. The van der Waals surface area contributed by atoms with Crippen LogP contribution in [0.5, 0.6) is 5.75 Å². The molecule has 1 aliphatic carbocycles. The van der Waals surface area contributed by atoms with Crippen LogP contribution < -0.4 is 14.8 Å². The van der Waals surface area contributed by atoms with E-state index >= 15 is 0 Å². The van der Waals surface area contributed by atoms with Gasteiger partial charge in [0.15, 0.2) is 6.61 Å². The molecule has 0 atom stereocenters. The number of carbonyl (C=O) groups is 2. The first-order valence-corrected chi connectivity index (χ1v) is 11.4. The molecule has 3 rings (SSSR count). The third-order valence-corrected chi connectivity index (χ3v) is 6.42. The first kappa shape index (κ1) is 22.3. The number of halogens is 1. The molecule has 10 heteroatoms. The molecule has 1 saturated carbocycles. The molecule has 0 saturated heterocycles. The minimum Gasteiger partial charge on any atom is -0.495 e. The number of hydrogen-bond acceptors (Lipinski definition) is 6. The van der Waals surface area contributed by atoms with Crippen molar-refractivity contribution in [2.24, 2.45) is 0 Å². The first-order valence-electron chi connectivity index (χ1n) is 9.13. The summed E-state index contributed by atoms with van der Waals surface area (Å²) in [5.41, 5.74) is 1.44. The summed E-state index contributed by atoms with van der Waals surface area (Å²) in [5.74, 6) is -1.21. The SMILES string of the molecule is COc1ccc(C(=O)OCC(=O)Nc2ccc(Br)cc2C)cc1S(=O)(=O)NC1CC1. The smallest absolute Gasteiger partial charge is 0.338 e. The third-order valence-electron chi connectivity index (χ3n) is 4.38. The maximum absolute atomic E-state index is 12.6. The Kier molecular flexibility index (Phi) is 6.79. The van der Waals surface area contributed by atoms with Gasteiger partial charge in [-0.2, -0.15) is 0 Å². The molecule has 1 fully saturated rings. The summed E-state index contributed by atoms with van der Waals surface area (Å²) in [4.78, 5) is 24.3. The van der Waals surface area contributed by atoms with Gasteiger partial charge in [-0.25, -0.2) is 17.9 Å². The lowest BCUT2D eigenvalue weighted by molar-refractivity contribution is -0.119. The lowest BCUT2D eigenvalue weighted by Gasteiger charge is -2.12. The predicted molar refractivity (Wildman–Crippen MR) is 114 cm³/mol. The van der Waals surface area contributed by atoms with Crippen LogP contribution in [0.25, 0.3) is 0 Å². The monoisotopic (exact) mass is 496 g/mol. The molecular weight excluding hydrogens is 476 g/mol. The highest BCUT2D eigenvalue weighted by Crippen LogP contribution is 2.28. The number of hydrogen-bond donors (Lipinski definition) is 2. The van der Waals surface area contributed by atoms with Crippen LogP contribution >= 0.6 is 15.9 Å². The number of benzene rings is 2. The first-order chi connectivity index (χ1) is 14.2. The molecule has 1 aliphatic rings. The largest absolute Gasteiger partial charge is 0.495 e. The fourth-order valence-corrected chi connectivity index (χ4v) is 4.64. The van der Waals surface area contributed by atoms with Crippen LogP contribution in [0.3, 0.4) is 0 Å². The average molecular weight is 497 g/mol. The van der Waals surface area contributed by atoms with E-state index < -0.39 is 28.5 Å². The fraction of sp³-hybridized carbons (Fsp3) is 0.300. The summed E-state index contributed by atoms with van der Waals surface area (Å²) in [6.45, 7) is 1.32. The van der Waals surface area contributed by atoms with Gasteiger partial charge in [-0.3, -0.25) is 4.79 Å². The van der Waals surface area contributed by atoms with Crippen LogP contribution in [0.2, 0.25) is 0 Å². The Labute approximate surface area is 183 Å². The van der Waals surface area contributed by atoms with E-state index in [-0.39, 0.29) is 22.3 Å². The van der Waals surface area contributed by atoms with Crippen molar-refractivity contribution in [1.82, 2.24) is 4.72 Å². The Morgan fingerprint density at radius 1 is 1.17 bits per heavy atom. The number of esters is 1. The van der Waals surface area contributed by atoms with E-state index in [2.05, 4.69) is 26.0 Å². The Hall–Kier alpha value is -2.43. The Bertz CT molecular complexity index is 1080. The zero-order valence-corrected chi connectivity index (χ0v) is 18.8. The normalized spacial score (nSPS) is 13.6. The minimum atomic E-state index is -3.84. The number of methoxy groups -OCH3 is 1. The molecule has 0 aliphatic heterocycles. The number of aryl methyl sites for hydroxylation is 1. The van der Waals surface area contributed by atoms with E-state index in [1.165, 1.54) is 25.3 Å². The summed E-state index contributed by atoms with van der Waals surface area (Å²) in [7, 11) is -2.50. The van der Waals surface area contributed by atoms with Crippen molar-refractivity contribution in [1.29, 1.82) is 0 Å². The fourth-order valence-electron chi connectivity index (χ4n) is 2.67. The second-order valence-electron chi connectivity index (χ2n) is 6.84. The highest BCUT2D eigenvalue weighted by atomic mass is 79.9. The van der Waals surface area contributed by atoms with Crippen molar-refractivity contribution in [2.75, 3.05) is 19.0 Å². The van der Waals surface area contributed by atoms with Crippen molar-refractivity contribution in [3.05, 3.63) is 52.0 Å². The maximum Gasteiger partial charge on any atom is 0.338 e. The topological polar surface area (TPSA) is 111 Å². The lowest BCUT2D eigenvalue weighted by Crippen LogP contribution is -2.26. The van der Waals surface area contributed by atoms with Crippen molar-refractivity contribution in [3.8, 4) is 5.75 Å². The molecule has 2 aromatic rings. The van der Waals surface area contributed by atoms with Crippen LogP contribution in [0.15, 0.2) is 45.8 Å². The molecular formula is C20H21BrN2O6S. The number of nitrogens with one attached hydrogen (secondary N) is 2. The molecule has 160 valence electrons. The molecule has 0 heterocycles. The second-order valence-corrected chi connectivity index (χ2v) is 9.44. The van der Waals surface area contributed by atoms with E-state index in [0.29, 0.717) is 5.69 Å². The van der Waals surface area contributed by atoms with Gasteiger partial charge in [0.05, 0.1) is 12.7 Å². The molecule has 0 unspecified atom stereocenters. The van der Waals surface area contributed by atoms with Crippen molar-refractivity contribution in [2.45, 2.75) is 30.7 Å². The Balaban J connectivity index is 1.67. The van der Waals surface area contributed by atoms with Crippen LogP contribution in [-0.2, 0) is 19.6 Å². The number of amides is 1. The molecule has 0 bridgehead atoms. The number of anilines is 1. The quantitative estimate of drug-likeness (QED) is 0.543. The number of rotatable bonds is 8. The van der Waals surface area contributed by atoms with Gasteiger partial charge in [0, 0.05) is 16.2 Å². The molecule has 8 nitrogen and oxygen atoms in total. The van der Waals surface area contributed by atoms with Crippen molar-refractivity contribution < 1.29 is 27.5 Å². The van der Waals surface area contributed by atoms with Gasteiger partial charge in [-0.05, 0) is 61.7 Å². The highest BCUT2D eigenvalue weighted by Gasteiger charge is 2.30. The maximum atomic E-state index is 12.6. The van der Waals surface area contributed by atoms with Crippen LogP contribution in [0.1, 0.15) is 28.8 Å². The molecule has 2 aromatic carbocycles. The lowest BCUT2D eigenvalue weighted by atomic mass is 10.2. The Morgan fingerprint density at radius 2 is 1.90 bits per heavy atom. The van der Waals surface area contributed by atoms with Crippen LogP contribution in [0.4, 0.5) is 5.69 Å². The zero-order valence-electron chi connectivity index (χ0n) is 16.4. The molecule has 1 amide bonds. The second kappa shape index (κ2) is 9.15. The molecule has 30 heavy (non-hydrogen) atoms. The predicted octanol–water partition coefficient (Wildman–Crippen LogP) is 3.00. The molecule has 0 aromatic heterocycles. The van der Waals surface area contributed by atoms with E-state index in [4.69, 9.17) is 9.47 Å². The summed E-state index contributed by atoms with van der Waals surface area (Å²) in [5, 5.41) is 2.66. The molecule has 0 radical (unpaired) electrons. The van der Waals surface area contributed by atoms with Crippen molar-refractivity contribution in [3.63, 3.8) is 0 Å².